The molecule has 0 aliphatic rings. The van der Waals surface area contributed by atoms with Gasteiger partial charge in [0, 0.05) is 18.8 Å². The highest BCUT2D eigenvalue weighted by Gasteiger charge is 2.24. The standard InChI is InChI=1S/C11H18N2O2/c1-11(2,8-15)13(3)10-9(7-14)5-4-6-12-10/h4-6,14-15H,7-8H2,1-3H3. The van der Waals surface area contributed by atoms with Crippen molar-refractivity contribution in [3.8, 4) is 0 Å². The predicted octanol–water partition coefficient (Wildman–Crippen LogP) is 0.781. The van der Waals surface area contributed by atoms with Gasteiger partial charge < -0.3 is 15.1 Å². The van der Waals surface area contributed by atoms with Crippen molar-refractivity contribution in [2.24, 2.45) is 0 Å². The summed E-state index contributed by atoms with van der Waals surface area (Å²) in [6.07, 6.45) is 1.68. The van der Waals surface area contributed by atoms with Gasteiger partial charge in [0.05, 0.1) is 18.8 Å². The Balaban J connectivity index is 3.05. The second-order valence-electron chi connectivity index (χ2n) is 4.17. The van der Waals surface area contributed by atoms with E-state index < -0.39 is 5.54 Å². The van der Waals surface area contributed by atoms with E-state index in [0.717, 1.165) is 5.56 Å². The molecular weight excluding hydrogens is 192 g/mol. The summed E-state index contributed by atoms with van der Waals surface area (Å²) < 4.78 is 0. The van der Waals surface area contributed by atoms with E-state index in [2.05, 4.69) is 4.98 Å². The van der Waals surface area contributed by atoms with Crippen molar-refractivity contribution < 1.29 is 10.2 Å². The summed E-state index contributed by atoms with van der Waals surface area (Å²) >= 11 is 0. The zero-order chi connectivity index (χ0) is 11.5. The molecule has 0 spiro atoms. The summed E-state index contributed by atoms with van der Waals surface area (Å²) in [7, 11) is 1.86. The van der Waals surface area contributed by atoms with Crippen LogP contribution in [-0.2, 0) is 6.61 Å². The molecule has 15 heavy (non-hydrogen) atoms. The molecule has 1 aromatic heterocycles. The van der Waals surface area contributed by atoms with Crippen LogP contribution in [0.3, 0.4) is 0 Å². The van der Waals surface area contributed by atoms with E-state index in [9.17, 15) is 10.2 Å². The quantitative estimate of drug-likeness (QED) is 0.771. The van der Waals surface area contributed by atoms with Gasteiger partial charge in [-0.2, -0.15) is 0 Å². The lowest BCUT2D eigenvalue weighted by atomic mass is 10.0. The van der Waals surface area contributed by atoms with Crippen LogP contribution in [0.5, 0.6) is 0 Å². The van der Waals surface area contributed by atoms with Gasteiger partial charge in [-0.15, -0.1) is 0 Å². The first-order valence-electron chi connectivity index (χ1n) is 4.92. The summed E-state index contributed by atoms with van der Waals surface area (Å²) in [6, 6.07) is 3.61. The maximum absolute atomic E-state index is 9.26. The summed E-state index contributed by atoms with van der Waals surface area (Å²) in [4.78, 5) is 6.09. The molecule has 0 atom stereocenters. The van der Waals surface area contributed by atoms with E-state index >= 15 is 0 Å². The molecule has 0 amide bonds. The van der Waals surface area contributed by atoms with Gasteiger partial charge >= 0.3 is 0 Å². The molecule has 0 aliphatic heterocycles. The van der Waals surface area contributed by atoms with Crippen molar-refractivity contribution in [2.75, 3.05) is 18.6 Å². The summed E-state index contributed by atoms with van der Waals surface area (Å²) in [5.74, 6) is 0.707. The van der Waals surface area contributed by atoms with Crippen molar-refractivity contribution >= 4 is 5.82 Å². The van der Waals surface area contributed by atoms with Gasteiger partial charge in [-0.05, 0) is 19.9 Å². The van der Waals surface area contributed by atoms with Gasteiger partial charge in [-0.1, -0.05) is 6.07 Å². The van der Waals surface area contributed by atoms with Crippen LogP contribution in [0.1, 0.15) is 19.4 Å². The lowest BCUT2D eigenvalue weighted by molar-refractivity contribution is 0.214. The minimum Gasteiger partial charge on any atom is -0.394 e. The fourth-order valence-corrected chi connectivity index (χ4v) is 1.25. The zero-order valence-corrected chi connectivity index (χ0v) is 9.44. The van der Waals surface area contributed by atoms with E-state index in [1.54, 1.807) is 12.3 Å². The monoisotopic (exact) mass is 210 g/mol. The predicted molar refractivity (Wildman–Crippen MR) is 59.7 cm³/mol. The molecule has 4 nitrogen and oxygen atoms in total. The van der Waals surface area contributed by atoms with Crippen molar-refractivity contribution in [1.29, 1.82) is 0 Å². The number of hydrogen-bond acceptors (Lipinski definition) is 4. The van der Waals surface area contributed by atoms with Crippen LogP contribution >= 0.6 is 0 Å². The van der Waals surface area contributed by atoms with Crippen LogP contribution in [0, 0.1) is 0 Å². The zero-order valence-electron chi connectivity index (χ0n) is 9.44. The molecule has 1 rings (SSSR count). The van der Waals surface area contributed by atoms with Gasteiger partial charge in [0.2, 0.25) is 0 Å². The molecule has 0 saturated heterocycles. The topological polar surface area (TPSA) is 56.6 Å². The highest BCUT2D eigenvalue weighted by atomic mass is 16.3. The van der Waals surface area contributed by atoms with Gasteiger partial charge in [0.15, 0.2) is 0 Å². The van der Waals surface area contributed by atoms with Crippen LogP contribution < -0.4 is 4.90 Å². The average Bonchev–Trinajstić information content (AvgIpc) is 2.28. The Hall–Kier alpha value is -1.13. The maximum Gasteiger partial charge on any atom is 0.134 e. The van der Waals surface area contributed by atoms with Crippen molar-refractivity contribution in [2.45, 2.75) is 26.0 Å². The first kappa shape index (κ1) is 11.9. The van der Waals surface area contributed by atoms with Gasteiger partial charge in [0.1, 0.15) is 5.82 Å². The maximum atomic E-state index is 9.26. The van der Waals surface area contributed by atoms with Crippen LogP contribution in [0.2, 0.25) is 0 Å². The highest BCUT2D eigenvalue weighted by molar-refractivity contribution is 5.47. The van der Waals surface area contributed by atoms with E-state index in [0.29, 0.717) is 5.82 Å². The Bertz CT molecular complexity index is 326. The average molecular weight is 210 g/mol. The Labute approximate surface area is 90.2 Å². The normalized spacial score (nSPS) is 11.5. The minimum atomic E-state index is -0.391. The Kier molecular flexibility index (Phi) is 3.66. The molecule has 0 aliphatic carbocycles. The number of pyridine rings is 1. The van der Waals surface area contributed by atoms with Crippen molar-refractivity contribution in [3.05, 3.63) is 23.9 Å². The fourth-order valence-electron chi connectivity index (χ4n) is 1.25. The highest BCUT2D eigenvalue weighted by Crippen LogP contribution is 2.23. The summed E-state index contributed by atoms with van der Waals surface area (Å²) in [5, 5.41) is 18.4. The van der Waals surface area contributed by atoms with Crippen LogP contribution in [0.25, 0.3) is 0 Å². The molecular formula is C11H18N2O2. The third-order valence-electron chi connectivity index (χ3n) is 2.65. The largest absolute Gasteiger partial charge is 0.394 e. The molecule has 84 valence electrons. The van der Waals surface area contributed by atoms with Crippen LogP contribution in [-0.4, -0.2) is 34.4 Å². The second-order valence-corrected chi connectivity index (χ2v) is 4.17. The minimum absolute atomic E-state index is 0.0327. The molecule has 4 heteroatoms. The molecule has 2 N–H and O–H groups in total. The molecule has 0 fully saturated rings. The van der Waals surface area contributed by atoms with Gasteiger partial charge in [-0.25, -0.2) is 4.98 Å². The number of rotatable bonds is 4. The first-order valence-corrected chi connectivity index (χ1v) is 4.92. The van der Waals surface area contributed by atoms with Crippen LogP contribution in [0.4, 0.5) is 5.82 Å². The number of nitrogens with zero attached hydrogens (tertiary/aromatic N) is 2. The first-order chi connectivity index (χ1) is 7.03. The van der Waals surface area contributed by atoms with E-state index in [1.807, 2.05) is 31.9 Å². The van der Waals surface area contributed by atoms with Gasteiger partial charge in [0.25, 0.3) is 0 Å². The Morgan fingerprint density at radius 3 is 2.60 bits per heavy atom. The van der Waals surface area contributed by atoms with Crippen molar-refractivity contribution in [1.82, 2.24) is 4.98 Å². The third-order valence-corrected chi connectivity index (χ3v) is 2.65. The number of aliphatic hydroxyl groups excluding tert-OH is 2. The number of hydrogen-bond donors (Lipinski definition) is 2. The number of anilines is 1. The molecule has 0 saturated carbocycles. The number of aliphatic hydroxyl groups is 2. The molecule has 1 aromatic rings. The molecule has 0 radical (unpaired) electrons. The number of likely N-dealkylation sites (N-methyl/N-ethyl adjacent to an activating group) is 1. The molecule has 1 heterocycles. The van der Waals surface area contributed by atoms with E-state index in [4.69, 9.17) is 0 Å². The Morgan fingerprint density at radius 2 is 2.07 bits per heavy atom. The molecule has 0 unspecified atom stereocenters. The fraction of sp³-hybridized carbons (Fsp3) is 0.545. The lowest BCUT2D eigenvalue weighted by Crippen LogP contribution is -2.45. The summed E-state index contributed by atoms with van der Waals surface area (Å²) in [5.41, 5.74) is 0.375. The lowest BCUT2D eigenvalue weighted by Gasteiger charge is -2.35. The SMILES string of the molecule is CN(c1ncccc1CO)C(C)(C)CO. The van der Waals surface area contributed by atoms with E-state index in [-0.39, 0.29) is 13.2 Å². The number of aromatic nitrogens is 1. The molecule has 0 bridgehead atoms. The summed E-state index contributed by atoms with van der Waals surface area (Å²) in [6.45, 7) is 3.83. The molecule has 0 aromatic carbocycles. The van der Waals surface area contributed by atoms with Crippen molar-refractivity contribution in [3.63, 3.8) is 0 Å². The third kappa shape index (κ3) is 2.46. The van der Waals surface area contributed by atoms with E-state index in [1.165, 1.54) is 0 Å². The van der Waals surface area contributed by atoms with Gasteiger partial charge in [-0.3, -0.25) is 0 Å². The van der Waals surface area contributed by atoms with Crippen LogP contribution in [0.15, 0.2) is 18.3 Å². The Morgan fingerprint density at radius 1 is 1.40 bits per heavy atom. The smallest absolute Gasteiger partial charge is 0.134 e. The second kappa shape index (κ2) is 4.59.